The molecule has 202 valence electrons. The van der Waals surface area contributed by atoms with Gasteiger partial charge < -0.3 is 25.8 Å². The number of aliphatic hydroxyl groups is 1. The molecule has 3 amide bonds. The van der Waals surface area contributed by atoms with Crippen LogP contribution >= 0.6 is 11.8 Å². The molecule has 3 unspecified atom stereocenters. The number of fused-ring (bicyclic) bond motifs is 1. The summed E-state index contributed by atoms with van der Waals surface area (Å²) in [6.45, 7) is 0.759. The van der Waals surface area contributed by atoms with Crippen LogP contribution in [0.25, 0.3) is 0 Å². The van der Waals surface area contributed by atoms with Crippen LogP contribution in [-0.2, 0) is 16.1 Å². The Labute approximate surface area is 226 Å². The predicted molar refractivity (Wildman–Crippen MR) is 145 cm³/mol. The van der Waals surface area contributed by atoms with Crippen molar-refractivity contribution in [3.8, 4) is 0 Å². The highest BCUT2D eigenvalue weighted by Gasteiger charge is 2.43. The Kier molecular flexibility index (Phi) is 9.91. The number of carbonyl (C=O) groups is 4. The Morgan fingerprint density at radius 2 is 1.68 bits per heavy atom. The number of amides is 3. The topological polar surface area (TPSA) is 134 Å². The molecule has 2 aromatic carbocycles. The number of rotatable bonds is 14. The summed E-state index contributed by atoms with van der Waals surface area (Å²) in [5, 5.41) is 17.8. The number of anilines is 1. The number of ether oxygens (including phenoxy) is 1. The summed E-state index contributed by atoms with van der Waals surface area (Å²) >= 11 is 1.73. The van der Waals surface area contributed by atoms with E-state index in [1.54, 1.807) is 60.3 Å². The second kappa shape index (κ2) is 13.5. The third kappa shape index (κ3) is 7.43. The molecule has 0 spiro atoms. The number of benzene rings is 2. The first-order valence-corrected chi connectivity index (χ1v) is 13.9. The molecule has 3 atom stereocenters. The lowest BCUT2D eigenvalue weighted by molar-refractivity contribution is -0.119. The Morgan fingerprint density at radius 3 is 2.42 bits per heavy atom. The average molecular weight is 540 g/mol. The number of thioether (sulfide) groups is 1. The van der Waals surface area contributed by atoms with Crippen LogP contribution in [0.1, 0.15) is 58.4 Å². The lowest BCUT2D eigenvalue weighted by atomic mass is 10.00. The Morgan fingerprint density at radius 1 is 0.974 bits per heavy atom. The lowest BCUT2D eigenvalue weighted by Gasteiger charge is -2.15. The van der Waals surface area contributed by atoms with E-state index in [1.807, 2.05) is 0 Å². The fourth-order valence-corrected chi connectivity index (χ4v) is 6.17. The minimum Gasteiger partial charge on any atom is -0.392 e. The van der Waals surface area contributed by atoms with Crippen molar-refractivity contribution in [1.82, 2.24) is 10.6 Å². The van der Waals surface area contributed by atoms with Crippen molar-refractivity contribution in [3.05, 3.63) is 65.2 Å². The molecule has 4 N–H and O–H groups in total. The van der Waals surface area contributed by atoms with E-state index in [4.69, 9.17) is 9.84 Å². The molecule has 2 fully saturated rings. The summed E-state index contributed by atoms with van der Waals surface area (Å²) in [6, 6.07) is 13.6. The number of Topliss-reactive ketones (excluding diaryl/α,β-unsaturated/α-hetero) is 2. The summed E-state index contributed by atoms with van der Waals surface area (Å²) in [4.78, 5) is 49.4. The number of carbonyl (C=O) groups excluding carboxylic acids is 4. The van der Waals surface area contributed by atoms with Crippen LogP contribution in [-0.4, -0.2) is 64.9 Å². The molecule has 0 radical (unpaired) electrons. The first kappa shape index (κ1) is 27.8. The van der Waals surface area contributed by atoms with Crippen molar-refractivity contribution in [2.45, 2.75) is 56.0 Å². The molecular weight excluding hydrogens is 506 g/mol. The Balaban J connectivity index is 1.13. The number of aliphatic hydroxyl groups excluding tert-OH is 1. The van der Waals surface area contributed by atoms with Crippen molar-refractivity contribution in [1.29, 1.82) is 0 Å². The second-order valence-electron chi connectivity index (χ2n) is 9.46. The van der Waals surface area contributed by atoms with Gasteiger partial charge in [-0.1, -0.05) is 30.3 Å². The zero-order valence-corrected chi connectivity index (χ0v) is 21.9. The van der Waals surface area contributed by atoms with Crippen LogP contribution in [0.3, 0.4) is 0 Å². The van der Waals surface area contributed by atoms with Gasteiger partial charge in [0.2, 0.25) is 0 Å². The lowest BCUT2D eigenvalue weighted by Crippen LogP contribution is -2.37. The van der Waals surface area contributed by atoms with Crippen LogP contribution in [0, 0.1) is 0 Å². The van der Waals surface area contributed by atoms with Gasteiger partial charge in [0.25, 0.3) is 5.91 Å². The van der Waals surface area contributed by atoms with E-state index in [-0.39, 0.29) is 53.9 Å². The van der Waals surface area contributed by atoms with Crippen LogP contribution in [0.4, 0.5) is 10.5 Å². The molecule has 10 heteroatoms. The van der Waals surface area contributed by atoms with Gasteiger partial charge in [0, 0.05) is 54.7 Å². The standard InChI is InChI=1S/C28H33N3O6S/c32-16-18-9-11-19(12-10-18)29-27(35)22-7-2-1-6-21(22)24(34)8-4-14-37-13-3-5-20(33)15-25-26-23(17-38-25)30-28(36)31-26/h1-2,6-7,9-12,23,25-26,32H,3-5,8,13-17H2,(H,29,35)(H2,30,31,36). The molecule has 2 aliphatic rings. The smallest absolute Gasteiger partial charge is 0.315 e. The van der Waals surface area contributed by atoms with Crippen LogP contribution in [0.2, 0.25) is 0 Å². The van der Waals surface area contributed by atoms with Crippen molar-refractivity contribution >= 4 is 41.0 Å². The normalized spacial score (nSPS) is 19.9. The second-order valence-corrected chi connectivity index (χ2v) is 10.7. The van der Waals surface area contributed by atoms with Gasteiger partial charge >= 0.3 is 6.03 Å². The monoisotopic (exact) mass is 539 g/mol. The van der Waals surface area contributed by atoms with Gasteiger partial charge in [-0.25, -0.2) is 4.79 Å². The summed E-state index contributed by atoms with van der Waals surface area (Å²) in [7, 11) is 0. The van der Waals surface area contributed by atoms with Gasteiger partial charge in [-0.05, 0) is 36.6 Å². The molecule has 0 bridgehead atoms. The Hall–Kier alpha value is -3.21. The average Bonchev–Trinajstić information content (AvgIpc) is 3.47. The highest BCUT2D eigenvalue weighted by molar-refractivity contribution is 8.00. The molecule has 2 aromatic rings. The van der Waals surface area contributed by atoms with Crippen molar-refractivity contribution in [2.75, 3.05) is 24.3 Å². The highest BCUT2D eigenvalue weighted by Crippen LogP contribution is 2.32. The highest BCUT2D eigenvalue weighted by atomic mass is 32.2. The molecular formula is C28H33N3O6S. The maximum atomic E-state index is 12.8. The molecule has 0 aliphatic carbocycles. The molecule has 2 aliphatic heterocycles. The van der Waals surface area contributed by atoms with Gasteiger partial charge in [-0.3, -0.25) is 14.4 Å². The summed E-state index contributed by atoms with van der Waals surface area (Å²) < 4.78 is 5.63. The largest absolute Gasteiger partial charge is 0.392 e. The maximum absolute atomic E-state index is 12.8. The molecule has 4 rings (SSSR count). The SMILES string of the molecule is O=C(CCCOCCCC(=O)c1ccccc1C(=O)Nc1ccc(CO)cc1)CC1SCC2NC(=O)NC21. The summed E-state index contributed by atoms with van der Waals surface area (Å²) in [5.74, 6) is 0.496. The van der Waals surface area contributed by atoms with Crippen LogP contribution in [0.5, 0.6) is 0 Å². The molecule has 9 nitrogen and oxygen atoms in total. The molecule has 0 aromatic heterocycles. The van der Waals surface area contributed by atoms with Gasteiger partial charge in [-0.15, -0.1) is 0 Å². The van der Waals surface area contributed by atoms with E-state index in [1.165, 1.54) is 0 Å². The first-order valence-electron chi connectivity index (χ1n) is 12.9. The molecule has 2 heterocycles. The van der Waals surface area contributed by atoms with Gasteiger partial charge in [0.15, 0.2) is 5.78 Å². The van der Waals surface area contributed by atoms with E-state index in [2.05, 4.69) is 16.0 Å². The quantitative estimate of drug-likeness (QED) is 0.164. The van der Waals surface area contributed by atoms with Gasteiger partial charge in [-0.2, -0.15) is 11.8 Å². The van der Waals surface area contributed by atoms with Crippen LogP contribution in [0.15, 0.2) is 48.5 Å². The fraction of sp³-hybridized carbons (Fsp3) is 0.429. The van der Waals surface area contributed by atoms with Crippen molar-refractivity contribution < 1.29 is 29.0 Å². The van der Waals surface area contributed by atoms with E-state index in [0.29, 0.717) is 55.7 Å². The maximum Gasteiger partial charge on any atom is 0.315 e. The predicted octanol–water partition coefficient (Wildman–Crippen LogP) is 3.32. The summed E-state index contributed by atoms with van der Waals surface area (Å²) in [5.41, 5.74) is 1.99. The summed E-state index contributed by atoms with van der Waals surface area (Å²) in [6.07, 6.45) is 2.25. The number of hydrogen-bond acceptors (Lipinski definition) is 7. The number of urea groups is 1. The van der Waals surface area contributed by atoms with E-state index in [0.717, 1.165) is 11.3 Å². The van der Waals surface area contributed by atoms with E-state index < -0.39 is 0 Å². The zero-order valence-electron chi connectivity index (χ0n) is 21.1. The van der Waals surface area contributed by atoms with Crippen LogP contribution < -0.4 is 16.0 Å². The Bertz CT molecular complexity index is 1160. The molecule has 2 saturated heterocycles. The molecule has 38 heavy (non-hydrogen) atoms. The third-order valence-electron chi connectivity index (χ3n) is 6.67. The van der Waals surface area contributed by atoms with Crippen molar-refractivity contribution in [3.63, 3.8) is 0 Å². The fourth-order valence-electron chi connectivity index (χ4n) is 4.65. The van der Waals surface area contributed by atoms with Crippen molar-refractivity contribution in [2.24, 2.45) is 0 Å². The van der Waals surface area contributed by atoms with Gasteiger partial charge in [0.05, 0.1) is 24.3 Å². The van der Waals surface area contributed by atoms with E-state index >= 15 is 0 Å². The van der Waals surface area contributed by atoms with E-state index in [9.17, 15) is 19.2 Å². The first-order chi connectivity index (χ1) is 18.4. The third-order valence-corrected chi connectivity index (χ3v) is 8.11. The number of ketones is 2. The minimum atomic E-state index is -0.371. The zero-order chi connectivity index (χ0) is 26.9. The number of nitrogens with one attached hydrogen (secondary N) is 3. The number of hydrogen-bond donors (Lipinski definition) is 4. The minimum absolute atomic E-state index is 0.0276. The van der Waals surface area contributed by atoms with Gasteiger partial charge in [0.1, 0.15) is 5.78 Å². The molecule has 0 saturated carbocycles.